The summed E-state index contributed by atoms with van der Waals surface area (Å²) in [4.78, 5) is 57.4. The minimum Gasteiger partial charge on any atom is -0.313 e. The summed E-state index contributed by atoms with van der Waals surface area (Å²) in [7, 11) is 0. The van der Waals surface area contributed by atoms with Crippen molar-refractivity contribution in [2.24, 2.45) is 11.8 Å². The summed E-state index contributed by atoms with van der Waals surface area (Å²) in [5.41, 5.74) is 1.52. The average molecular weight is 415 g/mol. The third kappa shape index (κ3) is 1.97. The number of anilines is 1. The Labute approximate surface area is 179 Å². The normalized spacial score (nSPS) is 30.3. The largest absolute Gasteiger partial charge is 0.313 e. The van der Waals surface area contributed by atoms with Crippen LogP contribution in [-0.4, -0.2) is 41.5 Å². The summed E-state index contributed by atoms with van der Waals surface area (Å²) in [6, 6.07) is 12.3. The number of ketones is 2. The van der Waals surface area contributed by atoms with E-state index in [0.717, 1.165) is 28.9 Å². The number of hydrogen-bond acceptors (Lipinski definition) is 4. The van der Waals surface area contributed by atoms with E-state index in [4.69, 9.17) is 0 Å². The zero-order chi connectivity index (χ0) is 21.7. The number of amides is 2. The lowest BCUT2D eigenvalue weighted by Crippen LogP contribution is -3.22. The highest BCUT2D eigenvalue weighted by Crippen LogP contribution is 2.49. The standard InChI is InChI=1S/C25H22N2O4/c1-13-7-5-8-14(2)20(13)27-23(30)18-17-11-6-12-26(17)25(19(18)24(27)31)21(28)15-9-3-4-10-16(15)22(25)29/h3-5,7-10,17-19H,6,11-12H2,1-2H3/p+1/t17-,18+,19-/m0/s1. The molecule has 1 unspecified atom stereocenters. The van der Waals surface area contributed by atoms with Gasteiger partial charge in [0, 0.05) is 24.0 Å². The Balaban J connectivity index is 1.57. The van der Waals surface area contributed by atoms with Gasteiger partial charge in [-0.3, -0.25) is 19.2 Å². The molecule has 4 atom stereocenters. The number of quaternary nitrogens is 1. The fourth-order valence-corrected chi connectivity index (χ4v) is 6.87. The Morgan fingerprint density at radius 1 is 0.871 bits per heavy atom. The summed E-state index contributed by atoms with van der Waals surface area (Å²) >= 11 is 0. The number of imide groups is 1. The molecule has 4 aliphatic rings. The van der Waals surface area contributed by atoms with Gasteiger partial charge < -0.3 is 4.90 Å². The number of hydrogen-bond donors (Lipinski definition) is 1. The lowest BCUT2D eigenvalue weighted by molar-refractivity contribution is -0.930. The molecule has 2 aromatic carbocycles. The highest BCUT2D eigenvalue weighted by Gasteiger charge is 2.80. The van der Waals surface area contributed by atoms with Crippen molar-refractivity contribution < 1.29 is 24.1 Å². The minimum absolute atomic E-state index is 0.182. The first-order valence-electron chi connectivity index (χ1n) is 10.9. The number of nitrogens with one attached hydrogen (secondary N) is 1. The van der Waals surface area contributed by atoms with Crippen LogP contribution in [0.3, 0.4) is 0 Å². The molecule has 31 heavy (non-hydrogen) atoms. The van der Waals surface area contributed by atoms with Crippen LogP contribution in [0, 0.1) is 25.7 Å². The molecular formula is C25H23N2O4+. The molecule has 3 fully saturated rings. The van der Waals surface area contributed by atoms with Gasteiger partial charge in [0.2, 0.25) is 28.9 Å². The predicted molar refractivity (Wildman–Crippen MR) is 112 cm³/mol. The molecule has 2 aromatic rings. The zero-order valence-corrected chi connectivity index (χ0v) is 17.5. The second-order valence-corrected chi connectivity index (χ2v) is 9.29. The smallest absolute Gasteiger partial charge is 0.245 e. The maximum Gasteiger partial charge on any atom is 0.245 e. The summed E-state index contributed by atoms with van der Waals surface area (Å²) < 4.78 is 0. The third-order valence-corrected chi connectivity index (χ3v) is 7.96. The molecule has 0 radical (unpaired) electrons. The number of Topliss-reactive ketones (excluding diaryl/α,β-unsaturated/α-hetero) is 2. The average Bonchev–Trinajstić information content (AvgIpc) is 3.44. The molecule has 6 heteroatoms. The zero-order valence-electron chi connectivity index (χ0n) is 17.5. The van der Waals surface area contributed by atoms with E-state index in [0.29, 0.717) is 23.4 Å². The molecule has 6 rings (SSSR count). The van der Waals surface area contributed by atoms with E-state index in [2.05, 4.69) is 0 Å². The number of carbonyl (C=O) groups is 4. The van der Waals surface area contributed by atoms with Gasteiger partial charge in [0.25, 0.3) is 0 Å². The molecule has 1 aliphatic carbocycles. The van der Waals surface area contributed by atoms with Crippen molar-refractivity contribution in [3.8, 4) is 0 Å². The number of benzene rings is 2. The van der Waals surface area contributed by atoms with Crippen molar-refractivity contribution in [2.45, 2.75) is 38.3 Å². The molecule has 1 spiro atoms. The summed E-state index contributed by atoms with van der Waals surface area (Å²) in [5.74, 6) is -2.80. The fraction of sp³-hybridized carbons (Fsp3) is 0.360. The Kier molecular flexibility index (Phi) is 3.59. The predicted octanol–water partition coefficient (Wildman–Crippen LogP) is 1.29. The lowest BCUT2D eigenvalue weighted by atomic mass is 9.76. The Hall–Kier alpha value is -3.12. The number of para-hydroxylation sites is 1. The molecule has 0 saturated carbocycles. The molecular weight excluding hydrogens is 392 g/mol. The molecule has 0 bridgehead atoms. The van der Waals surface area contributed by atoms with Gasteiger partial charge in [0.1, 0.15) is 17.9 Å². The molecule has 6 nitrogen and oxygen atoms in total. The van der Waals surface area contributed by atoms with E-state index in [1.165, 1.54) is 4.90 Å². The Bertz CT molecular complexity index is 1160. The molecule has 3 heterocycles. The van der Waals surface area contributed by atoms with Gasteiger partial charge in [-0.25, -0.2) is 4.90 Å². The highest BCUT2D eigenvalue weighted by molar-refractivity contribution is 6.36. The SMILES string of the molecule is Cc1cccc(C)c1N1C(=O)[C@H]2[C@@H](C1=O)C1(C(=O)c3ccccc3C1=O)[NH+]1CCC[C@@H]21. The first-order valence-corrected chi connectivity index (χ1v) is 10.9. The third-order valence-electron chi connectivity index (χ3n) is 7.96. The molecule has 3 aliphatic heterocycles. The molecule has 1 N–H and O–H groups in total. The highest BCUT2D eigenvalue weighted by atomic mass is 16.2. The van der Waals surface area contributed by atoms with Gasteiger partial charge in [-0.15, -0.1) is 0 Å². The van der Waals surface area contributed by atoms with Crippen LogP contribution in [-0.2, 0) is 9.59 Å². The van der Waals surface area contributed by atoms with Crippen molar-refractivity contribution in [1.82, 2.24) is 0 Å². The van der Waals surface area contributed by atoms with Crippen molar-refractivity contribution in [1.29, 1.82) is 0 Å². The minimum atomic E-state index is -1.51. The van der Waals surface area contributed by atoms with Crippen molar-refractivity contribution in [2.75, 3.05) is 11.4 Å². The van der Waals surface area contributed by atoms with E-state index in [9.17, 15) is 19.2 Å². The van der Waals surface area contributed by atoms with Crippen LogP contribution in [0.25, 0.3) is 0 Å². The second kappa shape index (κ2) is 5.98. The number of fused-ring (bicyclic) bond motifs is 6. The van der Waals surface area contributed by atoms with E-state index in [-0.39, 0.29) is 23.5 Å². The van der Waals surface area contributed by atoms with Gasteiger partial charge >= 0.3 is 0 Å². The lowest BCUT2D eigenvalue weighted by Gasteiger charge is -2.32. The quantitative estimate of drug-likeness (QED) is 0.563. The van der Waals surface area contributed by atoms with Crippen LogP contribution in [0.15, 0.2) is 42.5 Å². The van der Waals surface area contributed by atoms with Crippen LogP contribution in [0.2, 0.25) is 0 Å². The van der Waals surface area contributed by atoms with Gasteiger partial charge in [0.15, 0.2) is 0 Å². The van der Waals surface area contributed by atoms with E-state index < -0.39 is 23.3 Å². The molecule has 156 valence electrons. The monoisotopic (exact) mass is 415 g/mol. The number of aryl methyl sites for hydroxylation is 2. The van der Waals surface area contributed by atoms with Crippen LogP contribution in [0.4, 0.5) is 5.69 Å². The van der Waals surface area contributed by atoms with E-state index in [1.807, 2.05) is 32.0 Å². The van der Waals surface area contributed by atoms with Gasteiger partial charge in [-0.05, 0) is 25.0 Å². The van der Waals surface area contributed by atoms with E-state index >= 15 is 0 Å². The van der Waals surface area contributed by atoms with Crippen LogP contribution in [0.1, 0.15) is 44.7 Å². The van der Waals surface area contributed by atoms with Crippen molar-refractivity contribution in [3.05, 3.63) is 64.7 Å². The van der Waals surface area contributed by atoms with Gasteiger partial charge in [0.05, 0.1) is 12.2 Å². The number of nitrogens with zero attached hydrogens (tertiary/aromatic N) is 1. The summed E-state index contributed by atoms with van der Waals surface area (Å²) in [6.45, 7) is 4.39. The molecule has 0 aromatic heterocycles. The Morgan fingerprint density at radius 3 is 2.10 bits per heavy atom. The topological polar surface area (TPSA) is 76.0 Å². The van der Waals surface area contributed by atoms with Crippen LogP contribution < -0.4 is 9.80 Å². The molecule has 2 amide bonds. The van der Waals surface area contributed by atoms with Gasteiger partial charge in [-0.2, -0.15) is 0 Å². The molecule has 3 saturated heterocycles. The van der Waals surface area contributed by atoms with Gasteiger partial charge in [-0.1, -0.05) is 42.5 Å². The maximum absolute atomic E-state index is 13.9. The summed E-state index contributed by atoms with van der Waals surface area (Å²) in [6.07, 6.45) is 1.58. The fourth-order valence-electron chi connectivity index (χ4n) is 6.87. The van der Waals surface area contributed by atoms with E-state index in [1.54, 1.807) is 24.3 Å². The van der Waals surface area contributed by atoms with Crippen molar-refractivity contribution >= 4 is 29.1 Å². The first-order chi connectivity index (χ1) is 14.9. The first kappa shape index (κ1) is 18.6. The van der Waals surface area contributed by atoms with Crippen LogP contribution in [0.5, 0.6) is 0 Å². The summed E-state index contributed by atoms with van der Waals surface area (Å²) in [5, 5.41) is 0. The number of carbonyl (C=O) groups excluding carboxylic acids is 4. The maximum atomic E-state index is 13.9. The van der Waals surface area contributed by atoms with Crippen molar-refractivity contribution in [3.63, 3.8) is 0 Å². The number of rotatable bonds is 1. The van der Waals surface area contributed by atoms with Crippen LogP contribution >= 0.6 is 0 Å². The Morgan fingerprint density at radius 2 is 1.48 bits per heavy atom. The second-order valence-electron chi connectivity index (χ2n) is 9.29.